The number of hydrogen-bond acceptors (Lipinski definition) is 4. The van der Waals surface area contributed by atoms with Crippen LogP contribution in [0.2, 0.25) is 5.02 Å². The van der Waals surface area contributed by atoms with Gasteiger partial charge in [0.1, 0.15) is 0 Å². The van der Waals surface area contributed by atoms with Gasteiger partial charge in [0.05, 0.1) is 20.3 Å². The topological polar surface area (TPSA) is 39.7 Å². The molecule has 0 amide bonds. The van der Waals surface area contributed by atoms with Gasteiger partial charge in [-0.2, -0.15) is 5.48 Å². The molecular weight excluding hydrogens is 242 g/mol. The lowest BCUT2D eigenvalue weighted by molar-refractivity contribution is 0.0866. The lowest BCUT2D eigenvalue weighted by atomic mass is 10.2. The molecule has 0 fully saturated rings. The van der Waals surface area contributed by atoms with Crippen LogP contribution in [0.3, 0.4) is 0 Å². The van der Waals surface area contributed by atoms with Gasteiger partial charge in [0.15, 0.2) is 11.5 Å². The van der Waals surface area contributed by atoms with Crippen molar-refractivity contribution in [2.75, 3.05) is 14.2 Å². The highest BCUT2D eigenvalue weighted by atomic mass is 35.5. The number of hydroxylamine groups is 1. The van der Waals surface area contributed by atoms with Crippen LogP contribution in [-0.2, 0) is 11.4 Å². The molecular formula is C12H18ClNO3. The summed E-state index contributed by atoms with van der Waals surface area (Å²) in [6.07, 6.45) is 0.0721. The molecule has 4 nitrogen and oxygen atoms in total. The van der Waals surface area contributed by atoms with E-state index in [1.807, 2.05) is 19.9 Å². The highest BCUT2D eigenvalue weighted by molar-refractivity contribution is 6.31. The van der Waals surface area contributed by atoms with Gasteiger partial charge >= 0.3 is 0 Å². The van der Waals surface area contributed by atoms with Gasteiger partial charge in [0.2, 0.25) is 0 Å². The average molecular weight is 260 g/mol. The second-order valence-corrected chi connectivity index (χ2v) is 4.19. The number of nitrogens with one attached hydrogen (secondary N) is 1. The van der Waals surface area contributed by atoms with Gasteiger partial charge in [-0.15, -0.1) is 0 Å². The van der Waals surface area contributed by atoms with E-state index in [0.29, 0.717) is 23.1 Å². The summed E-state index contributed by atoms with van der Waals surface area (Å²) in [5, 5.41) is 0.617. The molecule has 17 heavy (non-hydrogen) atoms. The molecule has 0 atom stereocenters. The van der Waals surface area contributed by atoms with E-state index in [1.54, 1.807) is 20.3 Å². The first-order valence-electron chi connectivity index (χ1n) is 5.37. The summed E-state index contributed by atoms with van der Waals surface area (Å²) in [7, 11) is 3.16. The van der Waals surface area contributed by atoms with Gasteiger partial charge < -0.3 is 14.3 Å². The summed E-state index contributed by atoms with van der Waals surface area (Å²) in [6.45, 7) is 4.41. The summed E-state index contributed by atoms with van der Waals surface area (Å²) in [5.41, 5.74) is 3.63. The van der Waals surface area contributed by atoms with E-state index in [9.17, 15) is 0 Å². The average Bonchev–Trinajstić information content (AvgIpc) is 2.27. The number of rotatable bonds is 6. The third-order valence-electron chi connectivity index (χ3n) is 2.10. The van der Waals surface area contributed by atoms with Crippen LogP contribution in [0.1, 0.15) is 19.4 Å². The molecule has 0 aliphatic heterocycles. The van der Waals surface area contributed by atoms with Crippen molar-refractivity contribution >= 4 is 11.6 Å². The summed E-state index contributed by atoms with van der Waals surface area (Å²) >= 11 is 6.15. The fraction of sp³-hybridized carbons (Fsp3) is 0.500. The van der Waals surface area contributed by atoms with Crippen LogP contribution in [0.5, 0.6) is 11.5 Å². The Kier molecular flexibility index (Phi) is 5.55. The van der Waals surface area contributed by atoms with Gasteiger partial charge in [0, 0.05) is 17.6 Å². The maximum Gasteiger partial charge on any atom is 0.163 e. The molecule has 5 heteroatoms. The van der Waals surface area contributed by atoms with Gasteiger partial charge in [-0.25, -0.2) is 0 Å². The highest BCUT2D eigenvalue weighted by Gasteiger charge is 2.11. The third kappa shape index (κ3) is 4.07. The number of halogens is 1. The Hall–Kier alpha value is -0.970. The van der Waals surface area contributed by atoms with Gasteiger partial charge in [0.25, 0.3) is 0 Å². The summed E-state index contributed by atoms with van der Waals surface area (Å²) in [5.74, 6) is 1.31. The molecule has 0 saturated heterocycles. The predicted molar refractivity (Wildman–Crippen MR) is 67.6 cm³/mol. The van der Waals surface area contributed by atoms with Crippen molar-refractivity contribution < 1.29 is 14.3 Å². The predicted octanol–water partition coefficient (Wildman–Crippen LogP) is 2.79. The van der Waals surface area contributed by atoms with Crippen LogP contribution in [0, 0.1) is 0 Å². The highest BCUT2D eigenvalue weighted by Crippen LogP contribution is 2.33. The zero-order chi connectivity index (χ0) is 12.8. The van der Waals surface area contributed by atoms with E-state index in [0.717, 1.165) is 5.56 Å². The maximum atomic E-state index is 6.15. The van der Waals surface area contributed by atoms with Gasteiger partial charge in [-0.1, -0.05) is 11.6 Å². The molecule has 0 unspecified atom stereocenters. The van der Waals surface area contributed by atoms with Crippen molar-refractivity contribution in [1.29, 1.82) is 0 Å². The summed E-state index contributed by atoms with van der Waals surface area (Å²) < 4.78 is 10.9. The Morgan fingerprint density at radius 1 is 1.24 bits per heavy atom. The van der Waals surface area contributed by atoms with Crippen molar-refractivity contribution in [1.82, 2.24) is 5.48 Å². The third-order valence-corrected chi connectivity index (χ3v) is 2.45. The first-order chi connectivity index (χ1) is 8.08. The van der Waals surface area contributed by atoms with E-state index in [2.05, 4.69) is 5.48 Å². The molecule has 0 spiro atoms. The van der Waals surface area contributed by atoms with Crippen molar-refractivity contribution in [3.8, 4) is 11.5 Å². The molecule has 1 N–H and O–H groups in total. The zero-order valence-electron chi connectivity index (χ0n) is 10.5. The fourth-order valence-corrected chi connectivity index (χ4v) is 1.59. The van der Waals surface area contributed by atoms with Crippen LogP contribution in [0.15, 0.2) is 12.1 Å². The Labute approximate surface area is 107 Å². The van der Waals surface area contributed by atoms with Gasteiger partial charge in [-0.05, 0) is 25.5 Å². The van der Waals surface area contributed by atoms with E-state index in [-0.39, 0.29) is 6.10 Å². The molecule has 0 radical (unpaired) electrons. The first kappa shape index (κ1) is 14.1. The van der Waals surface area contributed by atoms with Gasteiger partial charge in [-0.3, -0.25) is 0 Å². The zero-order valence-corrected chi connectivity index (χ0v) is 11.3. The summed E-state index contributed by atoms with van der Waals surface area (Å²) in [4.78, 5) is 4.79. The van der Waals surface area contributed by atoms with Crippen molar-refractivity contribution in [3.05, 3.63) is 22.7 Å². The van der Waals surface area contributed by atoms with Crippen LogP contribution >= 0.6 is 11.6 Å². The minimum atomic E-state index is 0.0721. The van der Waals surface area contributed by atoms with Crippen molar-refractivity contribution in [2.24, 2.45) is 0 Å². The number of benzene rings is 1. The van der Waals surface area contributed by atoms with E-state index >= 15 is 0 Å². The molecule has 0 aliphatic carbocycles. The minimum absolute atomic E-state index is 0.0721. The molecule has 1 aromatic rings. The first-order valence-corrected chi connectivity index (χ1v) is 5.75. The minimum Gasteiger partial charge on any atom is -0.493 e. The largest absolute Gasteiger partial charge is 0.493 e. The second kappa shape index (κ2) is 6.69. The van der Waals surface area contributed by atoms with Crippen molar-refractivity contribution in [3.63, 3.8) is 0 Å². The second-order valence-electron chi connectivity index (χ2n) is 3.79. The number of ether oxygens (including phenoxy) is 2. The Bertz CT molecular complexity index is 369. The molecule has 0 saturated carbocycles. The number of methoxy groups -OCH3 is 1. The number of hydrogen-bond donors (Lipinski definition) is 1. The Morgan fingerprint density at radius 3 is 2.47 bits per heavy atom. The lowest BCUT2D eigenvalue weighted by Gasteiger charge is -2.15. The van der Waals surface area contributed by atoms with Crippen LogP contribution in [0.25, 0.3) is 0 Å². The molecule has 96 valence electrons. The SMILES string of the molecule is CONCc1cc(OC)c(OC(C)C)cc1Cl. The van der Waals surface area contributed by atoms with Crippen LogP contribution in [-0.4, -0.2) is 20.3 Å². The van der Waals surface area contributed by atoms with Crippen LogP contribution in [0.4, 0.5) is 0 Å². The molecule has 1 rings (SSSR count). The quantitative estimate of drug-likeness (QED) is 0.798. The lowest BCUT2D eigenvalue weighted by Crippen LogP contribution is -2.12. The molecule has 1 aromatic carbocycles. The monoisotopic (exact) mass is 259 g/mol. The molecule has 0 aromatic heterocycles. The summed E-state index contributed by atoms with van der Waals surface area (Å²) in [6, 6.07) is 3.60. The molecule has 0 heterocycles. The maximum absolute atomic E-state index is 6.15. The fourth-order valence-electron chi connectivity index (χ4n) is 1.37. The van der Waals surface area contributed by atoms with E-state index in [4.69, 9.17) is 25.9 Å². The molecule has 0 bridgehead atoms. The Morgan fingerprint density at radius 2 is 1.94 bits per heavy atom. The van der Waals surface area contributed by atoms with Crippen molar-refractivity contribution in [2.45, 2.75) is 26.5 Å². The molecule has 0 aliphatic rings. The Balaban J connectivity index is 2.97. The van der Waals surface area contributed by atoms with Crippen LogP contribution < -0.4 is 15.0 Å². The standard InChI is InChI=1S/C12H18ClNO3/c1-8(2)17-12-6-10(13)9(7-14-16-4)5-11(12)15-3/h5-6,8,14H,7H2,1-4H3. The smallest absolute Gasteiger partial charge is 0.163 e. The van der Waals surface area contributed by atoms with E-state index in [1.165, 1.54) is 0 Å². The van der Waals surface area contributed by atoms with E-state index < -0.39 is 0 Å². The normalized spacial score (nSPS) is 10.7.